The summed E-state index contributed by atoms with van der Waals surface area (Å²) in [6, 6.07) is 0. The van der Waals surface area contributed by atoms with Crippen LogP contribution in [-0.4, -0.2) is 12.6 Å². The Kier molecular flexibility index (Phi) is 36.5. The highest BCUT2D eigenvalue weighted by molar-refractivity contribution is 5.69. The maximum absolute atomic E-state index is 11.9. The molecule has 0 aliphatic rings. The largest absolute Gasteiger partial charge is 0.466 e. The van der Waals surface area contributed by atoms with Gasteiger partial charge in [0, 0.05) is 6.42 Å². The molecule has 0 aromatic carbocycles. The van der Waals surface area contributed by atoms with E-state index in [0.29, 0.717) is 13.0 Å². The standard InChI is InChI=1S/C39H76O2/c1-3-5-7-9-11-13-15-17-19-20-21-22-23-24-25-27-29-31-33-35-37-39(40)41-38-36-34-32-30-28-26-18-16-14-12-10-8-6-4-2/h14,16H,3-13,15,17-38H2,1-2H3/b16-14-. The van der Waals surface area contributed by atoms with Crippen molar-refractivity contribution in [3.05, 3.63) is 12.2 Å². The Labute approximate surface area is 259 Å². The normalized spacial score (nSPS) is 11.6. The highest BCUT2D eigenvalue weighted by atomic mass is 16.5. The van der Waals surface area contributed by atoms with Crippen LogP contribution in [0.3, 0.4) is 0 Å². The minimum atomic E-state index is 0.0221. The van der Waals surface area contributed by atoms with Gasteiger partial charge in [-0.25, -0.2) is 0 Å². The molecule has 41 heavy (non-hydrogen) atoms. The number of rotatable bonds is 35. The quantitative estimate of drug-likeness (QED) is 0.0426. The summed E-state index contributed by atoms with van der Waals surface area (Å²) in [6.07, 6.45) is 48.6. The molecule has 0 aromatic heterocycles. The van der Waals surface area contributed by atoms with E-state index < -0.39 is 0 Å². The molecule has 0 saturated heterocycles. The molecule has 0 aliphatic carbocycles. The Bertz CT molecular complexity index is 512. The lowest BCUT2D eigenvalue weighted by Crippen LogP contribution is -2.05. The summed E-state index contributed by atoms with van der Waals surface area (Å²) in [6.45, 7) is 5.19. The number of unbranched alkanes of at least 4 members (excludes halogenated alkanes) is 29. The van der Waals surface area contributed by atoms with Gasteiger partial charge in [0.15, 0.2) is 0 Å². The summed E-state index contributed by atoms with van der Waals surface area (Å²) in [5.74, 6) is 0.0221. The van der Waals surface area contributed by atoms with Crippen molar-refractivity contribution in [3.63, 3.8) is 0 Å². The van der Waals surface area contributed by atoms with Crippen LogP contribution < -0.4 is 0 Å². The van der Waals surface area contributed by atoms with Gasteiger partial charge in [-0.05, 0) is 38.5 Å². The smallest absolute Gasteiger partial charge is 0.305 e. The Morgan fingerprint density at radius 2 is 0.683 bits per heavy atom. The molecule has 0 heterocycles. The lowest BCUT2D eigenvalue weighted by Gasteiger charge is -2.05. The number of ether oxygens (including phenoxy) is 1. The zero-order valence-corrected chi connectivity index (χ0v) is 28.5. The molecule has 2 heteroatoms. The van der Waals surface area contributed by atoms with Crippen LogP contribution in [0.25, 0.3) is 0 Å². The topological polar surface area (TPSA) is 26.3 Å². The van der Waals surface area contributed by atoms with Crippen molar-refractivity contribution in [2.24, 2.45) is 0 Å². The fourth-order valence-electron chi connectivity index (χ4n) is 5.78. The van der Waals surface area contributed by atoms with Crippen LogP contribution in [-0.2, 0) is 9.53 Å². The second-order valence-corrected chi connectivity index (χ2v) is 12.9. The summed E-state index contributed by atoms with van der Waals surface area (Å²) < 4.78 is 5.44. The zero-order chi connectivity index (χ0) is 29.7. The number of carbonyl (C=O) groups excluding carboxylic acids is 1. The third-order valence-electron chi connectivity index (χ3n) is 8.65. The van der Waals surface area contributed by atoms with E-state index in [4.69, 9.17) is 4.74 Å². The van der Waals surface area contributed by atoms with Crippen LogP contribution in [0.1, 0.15) is 226 Å². The van der Waals surface area contributed by atoms with Crippen molar-refractivity contribution < 1.29 is 9.53 Å². The van der Waals surface area contributed by atoms with Gasteiger partial charge in [-0.3, -0.25) is 4.79 Å². The van der Waals surface area contributed by atoms with Gasteiger partial charge < -0.3 is 4.74 Å². The van der Waals surface area contributed by atoms with Crippen LogP contribution in [0, 0.1) is 0 Å². The van der Waals surface area contributed by atoms with E-state index in [1.54, 1.807) is 0 Å². The maximum Gasteiger partial charge on any atom is 0.305 e. The predicted molar refractivity (Wildman–Crippen MR) is 184 cm³/mol. The lowest BCUT2D eigenvalue weighted by molar-refractivity contribution is -0.143. The van der Waals surface area contributed by atoms with Crippen molar-refractivity contribution in [2.45, 2.75) is 226 Å². The van der Waals surface area contributed by atoms with Gasteiger partial charge >= 0.3 is 5.97 Å². The van der Waals surface area contributed by atoms with Crippen molar-refractivity contribution in [1.29, 1.82) is 0 Å². The first kappa shape index (κ1) is 40.2. The van der Waals surface area contributed by atoms with E-state index in [9.17, 15) is 4.79 Å². The molecule has 0 aromatic rings. The molecular weight excluding hydrogens is 500 g/mol. The summed E-state index contributed by atoms with van der Waals surface area (Å²) in [4.78, 5) is 11.9. The predicted octanol–water partition coefficient (Wildman–Crippen LogP) is 14.0. The number of hydrogen-bond acceptors (Lipinski definition) is 2. The second kappa shape index (κ2) is 37.2. The molecule has 0 aliphatic heterocycles. The molecule has 0 spiro atoms. The summed E-state index contributed by atoms with van der Waals surface area (Å²) >= 11 is 0. The molecule has 0 radical (unpaired) electrons. The Balaban J connectivity index is 3.17. The van der Waals surface area contributed by atoms with Crippen molar-refractivity contribution in [3.8, 4) is 0 Å². The van der Waals surface area contributed by atoms with Crippen LogP contribution in [0.15, 0.2) is 12.2 Å². The molecule has 0 N–H and O–H groups in total. The van der Waals surface area contributed by atoms with Gasteiger partial charge in [-0.15, -0.1) is 0 Å². The Morgan fingerprint density at radius 1 is 0.390 bits per heavy atom. The maximum atomic E-state index is 11.9. The van der Waals surface area contributed by atoms with Gasteiger partial charge in [-0.1, -0.05) is 193 Å². The minimum Gasteiger partial charge on any atom is -0.466 e. The molecule has 0 bridgehead atoms. The third-order valence-corrected chi connectivity index (χ3v) is 8.65. The summed E-state index contributed by atoms with van der Waals surface area (Å²) in [7, 11) is 0. The molecule has 2 nitrogen and oxygen atoms in total. The monoisotopic (exact) mass is 577 g/mol. The average molecular weight is 577 g/mol. The van der Waals surface area contributed by atoms with Gasteiger partial charge in [0.05, 0.1) is 6.61 Å². The first-order chi connectivity index (χ1) is 20.3. The molecular formula is C39H76O2. The van der Waals surface area contributed by atoms with Crippen molar-refractivity contribution >= 4 is 5.97 Å². The molecule has 0 fully saturated rings. The molecule has 0 amide bonds. The SMILES string of the molecule is CCCCCC/C=C\CCCCCCCCOC(=O)CCCCCCCCCCCCCCCCCCCCCC. The van der Waals surface area contributed by atoms with Crippen LogP contribution in [0.2, 0.25) is 0 Å². The molecule has 0 saturated carbocycles. The van der Waals surface area contributed by atoms with Crippen molar-refractivity contribution in [1.82, 2.24) is 0 Å². The minimum absolute atomic E-state index is 0.0221. The third kappa shape index (κ3) is 37.2. The summed E-state index contributed by atoms with van der Waals surface area (Å²) in [5, 5.41) is 0. The van der Waals surface area contributed by atoms with Crippen molar-refractivity contribution in [2.75, 3.05) is 6.61 Å². The highest BCUT2D eigenvalue weighted by Gasteiger charge is 2.02. The van der Waals surface area contributed by atoms with Crippen LogP contribution in [0.4, 0.5) is 0 Å². The van der Waals surface area contributed by atoms with E-state index in [0.717, 1.165) is 12.8 Å². The molecule has 0 unspecified atom stereocenters. The first-order valence-corrected chi connectivity index (χ1v) is 19.1. The van der Waals surface area contributed by atoms with Crippen LogP contribution in [0.5, 0.6) is 0 Å². The van der Waals surface area contributed by atoms with E-state index in [1.807, 2.05) is 0 Å². The zero-order valence-electron chi connectivity index (χ0n) is 28.5. The van der Waals surface area contributed by atoms with Gasteiger partial charge in [-0.2, -0.15) is 0 Å². The fraction of sp³-hybridized carbons (Fsp3) is 0.923. The van der Waals surface area contributed by atoms with E-state index in [2.05, 4.69) is 26.0 Å². The van der Waals surface area contributed by atoms with E-state index in [-0.39, 0.29) is 5.97 Å². The van der Waals surface area contributed by atoms with E-state index >= 15 is 0 Å². The lowest BCUT2D eigenvalue weighted by atomic mass is 10.0. The average Bonchev–Trinajstić information content (AvgIpc) is 2.98. The van der Waals surface area contributed by atoms with E-state index in [1.165, 1.54) is 193 Å². The number of allylic oxidation sites excluding steroid dienone is 2. The molecule has 244 valence electrons. The van der Waals surface area contributed by atoms with Gasteiger partial charge in [0.1, 0.15) is 0 Å². The first-order valence-electron chi connectivity index (χ1n) is 19.1. The number of carbonyl (C=O) groups is 1. The Morgan fingerprint density at radius 3 is 1.07 bits per heavy atom. The molecule has 0 atom stereocenters. The Hall–Kier alpha value is -0.790. The number of esters is 1. The highest BCUT2D eigenvalue weighted by Crippen LogP contribution is 2.15. The fourth-order valence-corrected chi connectivity index (χ4v) is 5.78. The van der Waals surface area contributed by atoms with Gasteiger partial charge in [0.25, 0.3) is 0 Å². The van der Waals surface area contributed by atoms with Gasteiger partial charge in [0.2, 0.25) is 0 Å². The summed E-state index contributed by atoms with van der Waals surface area (Å²) in [5.41, 5.74) is 0. The molecule has 0 rings (SSSR count). The number of hydrogen-bond donors (Lipinski definition) is 0. The second-order valence-electron chi connectivity index (χ2n) is 12.9. The van der Waals surface area contributed by atoms with Crippen LogP contribution >= 0.6 is 0 Å².